The van der Waals surface area contributed by atoms with Gasteiger partial charge in [-0.3, -0.25) is 4.79 Å². The number of amides is 1. The Morgan fingerprint density at radius 1 is 1.35 bits per heavy atom. The second-order valence-electron chi connectivity index (χ2n) is 5.18. The molecule has 0 radical (unpaired) electrons. The van der Waals surface area contributed by atoms with Crippen molar-refractivity contribution in [1.82, 2.24) is 10.1 Å². The average Bonchev–Trinajstić information content (AvgIpc) is 2.94. The Morgan fingerprint density at radius 2 is 2.15 bits per heavy atom. The monoisotopic (exact) mass is 271 g/mol. The summed E-state index contributed by atoms with van der Waals surface area (Å²) >= 11 is 0. The van der Waals surface area contributed by atoms with E-state index in [1.807, 2.05) is 17.0 Å². The number of likely N-dealkylation sites (N-methyl/N-ethyl adjacent to an activating group) is 1. The van der Waals surface area contributed by atoms with Gasteiger partial charge in [-0.25, -0.2) is 0 Å². The van der Waals surface area contributed by atoms with Crippen molar-refractivity contribution in [3.05, 3.63) is 47.9 Å². The summed E-state index contributed by atoms with van der Waals surface area (Å²) in [6.07, 6.45) is 1.43. The van der Waals surface area contributed by atoms with E-state index in [0.717, 1.165) is 12.1 Å². The number of carbonyl (C=O) groups excluding carboxylic acids is 1. The number of para-hydroxylation sites is 1. The van der Waals surface area contributed by atoms with Crippen LogP contribution in [-0.2, 0) is 6.54 Å². The predicted octanol–water partition coefficient (Wildman–Crippen LogP) is 2.16. The van der Waals surface area contributed by atoms with E-state index in [1.54, 1.807) is 6.07 Å². The van der Waals surface area contributed by atoms with Crippen molar-refractivity contribution in [2.75, 3.05) is 18.5 Å². The molecule has 1 aliphatic rings. The van der Waals surface area contributed by atoms with Crippen LogP contribution in [0.1, 0.15) is 23.0 Å². The van der Waals surface area contributed by atoms with Crippen molar-refractivity contribution in [2.24, 2.45) is 0 Å². The molecule has 5 nitrogen and oxygen atoms in total. The minimum atomic E-state index is -0.0867. The van der Waals surface area contributed by atoms with Crippen LogP contribution in [0.25, 0.3) is 0 Å². The minimum Gasteiger partial charge on any atom is -0.372 e. The quantitative estimate of drug-likeness (QED) is 0.797. The molecule has 0 saturated carbocycles. The maximum absolute atomic E-state index is 12.5. The van der Waals surface area contributed by atoms with Gasteiger partial charge in [-0.05, 0) is 18.6 Å². The van der Waals surface area contributed by atoms with E-state index in [2.05, 4.69) is 36.2 Å². The molecule has 0 bridgehead atoms. The molecule has 2 aromatic rings. The third-order valence-electron chi connectivity index (χ3n) is 3.73. The fraction of sp³-hybridized carbons (Fsp3) is 0.333. The molecule has 1 atom stereocenters. The number of anilines is 1. The lowest BCUT2D eigenvalue weighted by molar-refractivity contribution is 0.0676. The van der Waals surface area contributed by atoms with Gasteiger partial charge in [0.1, 0.15) is 6.26 Å². The van der Waals surface area contributed by atoms with E-state index in [-0.39, 0.29) is 11.9 Å². The van der Waals surface area contributed by atoms with Crippen molar-refractivity contribution in [1.29, 1.82) is 0 Å². The van der Waals surface area contributed by atoms with Crippen LogP contribution in [0, 0.1) is 0 Å². The number of nitrogens with zero attached hydrogens (tertiary/aromatic N) is 3. The molecule has 0 saturated heterocycles. The normalized spacial score (nSPS) is 18.6. The Bertz CT molecular complexity index is 609. The fourth-order valence-electron chi connectivity index (χ4n) is 2.69. The first kappa shape index (κ1) is 12.7. The van der Waals surface area contributed by atoms with Gasteiger partial charge in [-0.15, -0.1) is 0 Å². The molecule has 1 aliphatic heterocycles. The Labute approximate surface area is 117 Å². The first-order valence-electron chi connectivity index (χ1n) is 6.67. The van der Waals surface area contributed by atoms with Crippen LogP contribution >= 0.6 is 0 Å². The Balaban J connectivity index is 1.95. The number of aromatic nitrogens is 1. The lowest BCUT2D eigenvalue weighted by atomic mass is 10.1. The lowest BCUT2D eigenvalue weighted by Gasteiger charge is -2.27. The van der Waals surface area contributed by atoms with E-state index in [4.69, 9.17) is 4.52 Å². The molecule has 0 fully saturated rings. The first-order valence-corrected chi connectivity index (χ1v) is 6.67. The molecule has 104 valence electrons. The maximum atomic E-state index is 12.5. The van der Waals surface area contributed by atoms with Crippen LogP contribution in [0.2, 0.25) is 0 Å². The van der Waals surface area contributed by atoms with Crippen molar-refractivity contribution >= 4 is 11.6 Å². The standard InChI is InChI=1S/C15H17N3O2/c1-11-9-17(2)14-6-4-3-5-12(14)10-18(11)15(19)13-7-8-20-16-13/h3-8,11H,9-10H2,1-2H3. The van der Waals surface area contributed by atoms with Gasteiger partial charge in [0.25, 0.3) is 5.91 Å². The van der Waals surface area contributed by atoms with E-state index >= 15 is 0 Å². The second kappa shape index (κ2) is 5.00. The maximum Gasteiger partial charge on any atom is 0.276 e. The third-order valence-corrected chi connectivity index (χ3v) is 3.73. The van der Waals surface area contributed by atoms with Crippen molar-refractivity contribution in [3.8, 4) is 0 Å². The highest BCUT2D eigenvalue weighted by Crippen LogP contribution is 2.26. The zero-order valence-electron chi connectivity index (χ0n) is 11.6. The van der Waals surface area contributed by atoms with E-state index in [1.165, 1.54) is 12.0 Å². The summed E-state index contributed by atoms with van der Waals surface area (Å²) in [6, 6.07) is 9.89. The summed E-state index contributed by atoms with van der Waals surface area (Å²) in [5.74, 6) is -0.0867. The van der Waals surface area contributed by atoms with Crippen molar-refractivity contribution in [2.45, 2.75) is 19.5 Å². The Kier molecular flexibility index (Phi) is 3.18. The van der Waals surface area contributed by atoms with Crippen molar-refractivity contribution < 1.29 is 9.32 Å². The van der Waals surface area contributed by atoms with Crippen LogP contribution in [0.4, 0.5) is 5.69 Å². The number of hydrogen-bond acceptors (Lipinski definition) is 4. The zero-order chi connectivity index (χ0) is 14.1. The highest BCUT2D eigenvalue weighted by molar-refractivity contribution is 5.92. The van der Waals surface area contributed by atoms with Crippen LogP contribution in [0.3, 0.4) is 0 Å². The molecule has 0 N–H and O–H groups in total. The molecular formula is C15H17N3O2. The molecular weight excluding hydrogens is 254 g/mol. The van der Waals surface area contributed by atoms with Gasteiger partial charge in [0.15, 0.2) is 5.69 Å². The summed E-state index contributed by atoms with van der Waals surface area (Å²) in [6.45, 7) is 3.44. The van der Waals surface area contributed by atoms with Gasteiger partial charge in [0, 0.05) is 37.9 Å². The Hall–Kier alpha value is -2.30. The van der Waals surface area contributed by atoms with Gasteiger partial charge < -0.3 is 14.3 Å². The number of rotatable bonds is 1. The molecule has 1 aromatic heterocycles. The van der Waals surface area contributed by atoms with E-state index in [9.17, 15) is 4.79 Å². The lowest BCUT2D eigenvalue weighted by Crippen LogP contribution is -2.42. The summed E-state index contributed by atoms with van der Waals surface area (Å²) in [7, 11) is 2.05. The number of benzene rings is 1. The smallest absolute Gasteiger partial charge is 0.276 e. The van der Waals surface area contributed by atoms with Crippen molar-refractivity contribution in [3.63, 3.8) is 0 Å². The SMILES string of the molecule is CC1CN(C)c2ccccc2CN1C(=O)c1ccon1. The van der Waals surface area contributed by atoms with Gasteiger partial charge in [-0.2, -0.15) is 0 Å². The minimum absolute atomic E-state index is 0.0867. The van der Waals surface area contributed by atoms with Crippen LogP contribution in [-0.4, -0.2) is 35.6 Å². The molecule has 2 heterocycles. The van der Waals surface area contributed by atoms with Gasteiger partial charge >= 0.3 is 0 Å². The third kappa shape index (κ3) is 2.15. The number of hydrogen-bond donors (Lipinski definition) is 0. The number of fused-ring (bicyclic) bond motifs is 1. The van der Waals surface area contributed by atoms with E-state index in [0.29, 0.717) is 12.2 Å². The molecule has 0 aliphatic carbocycles. The van der Waals surface area contributed by atoms with Crippen LogP contribution in [0.15, 0.2) is 41.1 Å². The highest BCUT2D eigenvalue weighted by atomic mass is 16.5. The Morgan fingerprint density at radius 3 is 2.90 bits per heavy atom. The number of carbonyl (C=O) groups is 1. The zero-order valence-corrected chi connectivity index (χ0v) is 11.6. The van der Waals surface area contributed by atoms with Gasteiger partial charge in [0.2, 0.25) is 0 Å². The molecule has 1 unspecified atom stereocenters. The molecule has 3 rings (SSSR count). The van der Waals surface area contributed by atoms with E-state index < -0.39 is 0 Å². The van der Waals surface area contributed by atoms with Crippen LogP contribution < -0.4 is 4.90 Å². The topological polar surface area (TPSA) is 49.6 Å². The molecule has 0 spiro atoms. The van der Waals surface area contributed by atoms with Gasteiger partial charge in [-0.1, -0.05) is 23.4 Å². The first-order chi connectivity index (χ1) is 9.66. The summed E-state index contributed by atoms with van der Waals surface area (Å²) in [4.78, 5) is 16.6. The second-order valence-corrected chi connectivity index (χ2v) is 5.18. The van der Waals surface area contributed by atoms with Gasteiger partial charge in [0.05, 0.1) is 0 Å². The summed E-state index contributed by atoms with van der Waals surface area (Å²) < 4.78 is 4.78. The largest absolute Gasteiger partial charge is 0.372 e. The predicted molar refractivity (Wildman–Crippen MR) is 75.6 cm³/mol. The molecule has 1 aromatic carbocycles. The summed E-state index contributed by atoms with van der Waals surface area (Å²) in [5, 5.41) is 3.75. The van der Waals surface area contributed by atoms with Crippen LogP contribution in [0.5, 0.6) is 0 Å². The molecule has 1 amide bonds. The molecule has 20 heavy (non-hydrogen) atoms. The summed E-state index contributed by atoms with van der Waals surface area (Å²) in [5.41, 5.74) is 2.69. The highest BCUT2D eigenvalue weighted by Gasteiger charge is 2.28. The fourth-order valence-corrected chi connectivity index (χ4v) is 2.69. The molecule has 5 heteroatoms. The average molecular weight is 271 g/mol.